The first-order valence-corrected chi connectivity index (χ1v) is 3.38. The number of hydrogen-bond acceptors (Lipinski definition) is 5. The van der Waals surface area contributed by atoms with Gasteiger partial charge in [0.05, 0.1) is 6.61 Å². The molecule has 3 N–H and O–H groups in total. The molecule has 0 saturated carbocycles. The van der Waals surface area contributed by atoms with Crippen LogP contribution >= 0.6 is 0 Å². The summed E-state index contributed by atoms with van der Waals surface area (Å²) in [4.78, 5) is 0. The number of rotatable bonds is 0. The van der Waals surface area contributed by atoms with Crippen molar-refractivity contribution < 1.29 is 19.7 Å². The Kier molecular flexibility index (Phi) is 1.49. The van der Waals surface area contributed by atoms with Gasteiger partial charge in [0.1, 0.15) is 12.8 Å². The zero-order valence-electron chi connectivity index (χ0n) is 5.78. The van der Waals surface area contributed by atoms with Crippen molar-refractivity contribution >= 4 is 0 Å². The van der Waals surface area contributed by atoms with E-state index >= 15 is 0 Å². The Labute approximate surface area is 63.2 Å². The van der Waals surface area contributed by atoms with Gasteiger partial charge in [-0.2, -0.15) is 0 Å². The predicted molar refractivity (Wildman–Crippen MR) is 34.5 cm³/mol. The van der Waals surface area contributed by atoms with Gasteiger partial charge in [0.15, 0.2) is 17.7 Å². The molecular formula is C6H9NO4. The third-order valence-corrected chi connectivity index (χ3v) is 1.72. The van der Waals surface area contributed by atoms with E-state index in [1.807, 2.05) is 0 Å². The zero-order chi connectivity index (χ0) is 7.84. The van der Waals surface area contributed by atoms with Crippen LogP contribution in [0.5, 0.6) is 0 Å². The first-order chi connectivity index (χ1) is 5.29. The average molecular weight is 159 g/mol. The topological polar surface area (TPSA) is 71.0 Å². The molecule has 0 spiro atoms. The van der Waals surface area contributed by atoms with E-state index in [1.165, 1.54) is 0 Å². The van der Waals surface area contributed by atoms with Crippen molar-refractivity contribution in [2.75, 3.05) is 13.3 Å². The fourth-order valence-corrected chi connectivity index (χ4v) is 1.14. The van der Waals surface area contributed by atoms with Crippen LogP contribution in [0.4, 0.5) is 0 Å². The maximum Gasteiger partial charge on any atom is 0.182 e. The molecule has 0 aromatic rings. The van der Waals surface area contributed by atoms with E-state index in [9.17, 15) is 5.11 Å². The summed E-state index contributed by atoms with van der Waals surface area (Å²) >= 11 is 0. The van der Waals surface area contributed by atoms with Gasteiger partial charge < -0.3 is 19.7 Å². The normalized spacial score (nSPS) is 36.8. The Bertz CT molecular complexity index is 203. The maximum atomic E-state index is 9.23. The molecule has 5 heteroatoms. The zero-order valence-corrected chi connectivity index (χ0v) is 5.78. The van der Waals surface area contributed by atoms with Crippen molar-refractivity contribution in [1.29, 1.82) is 0 Å². The quantitative estimate of drug-likeness (QED) is 0.425. The molecule has 2 rings (SSSR count). The molecule has 0 aliphatic carbocycles. The van der Waals surface area contributed by atoms with E-state index in [2.05, 4.69) is 5.32 Å². The Morgan fingerprint density at radius 3 is 3.18 bits per heavy atom. The third-order valence-electron chi connectivity index (χ3n) is 1.72. The lowest BCUT2D eigenvalue weighted by atomic mass is 10.2. The first kappa shape index (κ1) is 6.90. The van der Waals surface area contributed by atoms with Gasteiger partial charge in [-0.25, -0.2) is 0 Å². The van der Waals surface area contributed by atoms with Gasteiger partial charge in [-0.15, -0.1) is 0 Å². The first-order valence-electron chi connectivity index (χ1n) is 3.38. The Morgan fingerprint density at radius 1 is 1.55 bits per heavy atom. The largest absolute Gasteiger partial charge is 0.506 e. The molecule has 0 aromatic carbocycles. The Morgan fingerprint density at radius 2 is 2.36 bits per heavy atom. The number of aliphatic hydroxyl groups is 2. The van der Waals surface area contributed by atoms with Crippen LogP contribution in [0.15, 0.2) is 11.5 Å². The summed E-state index contributed by atoms with van der Waals surface area (Å²) in [6.07, 6.45) is -1.32. The molecule has 1 fully saturated rings. The average Bonchev–Trinajstić information content (AvgIpc) is 2.45. The molecule has 2 atom stereocenters. The number of fused-ring (bicyclic) bond motifs is 1. The number of nitrogens with one attached hydrogen (secondary N) is 1. The molecule has 0 aromatic heterocycles. The number of aliphatic hydroxyl groups excluding tert-OH is 2. The summed E-state index contributed by atoms with van der Waals surface area (Å²) in [7, 11) is 0. The number of ether oxygens (including phenoxy) is 2. The van der Waals surface area contributed by atoms with Gasteiger partial charge in [-0.1, -0.05) is 0 Å². The monoisotopic (exact) mass is 159 g/mol. The van der Waals surface area contributed by atoms with Crippen LogP contribution < -0.4 is 5.32 Å². The summed E-state index contributed by atoms with van der Waals surface area (Å²) in [5, 5.41) is 21.2. The van der Waals surface area contributed by atoms with Crippen LogP contribution in [-0.4, -0.2) is 35.9 Å². The molecule has 2 aliphatic rings. The SMILES string of the molecule is OC1=C2OCNC2OCC1O. The lowest BCUT2D eigenvalue weighted by Crippen LogP contribution is -2.36. The van der Waals surface area contributed by atoms with E-state index < -0.39 is 6.10 Å². The second kappa shape index (κ2) is 2.37. The summed E-state index contributed by atoms with van der Waals surface area (Å²) in [6, 6.07) is 0. The van der Waals surface area contributed by atoms with Gasteiger partial charge in [0.25, 0.3) is 0 Å². The predicted octanol–water partition coefficient (Wildman–Crippen LogP) is -0.950. The van der Waals surface area contributed by atoms with Crippen molar-refractivity contribution in [3.05, 3.63) is 11.5 Å². The standard InChI is InChI=1S/C6H9NO4/c8-3-1-10-6-5(4(3)9)11-2-7-6/h3,6-9H,1-2H2. The summed E-state index contributed by atoms with van der Waals surface area (Å²) in [6.45, 7) is 0.424. The van der Waals surface area contributed by atoms with Gasteiger partial charge in [0.2, 0.25) is 0 Å². The minimum Gasteiger partial charge on any atom is -0.506 e. The molecule has 5 nitrogen and oxygen atoms in total. The van der Waals surface area contributed by atoms with Crippen molar-refractivity contribution in [1.82, 2.24) is 5.32 Å². The van der Waals surface area contributed by atoms with Gasteiger partial charge in [0, 0.05) is 0 Å². The minimum absolute atomic E-state index is 0.107. The molecule has 0 radical (unpaired) electrons. The Balaban J connectivity index is 2.28. The highest BCUT2D eigenvalue weighted by atomic mass is 16.6. The van der Waals surface area contributed by atoms with Gasteiger partial charge in [-0.3, -0.25) is 5.32 Å². The van der Waals surface area contributed by atoms with Crippen LogP contribution in [-0.2, 0) is 9.47 Å². The van der Waals surface area contributed by atoms with E-state index in [0.717, 1.165) is 0 Å². The van der Waals surface area contributed by atoms with Crippen LogP contribution in [0.1, 0.15) is 0 Å². The lowest BCUT2D eigenvalue weighted by Gasteiger charge is -2.22. The maximum absolute atomic E-state index is 9.23. The fraction of sp³-hybridized carbons (Fsp3) is 0.667. The molecule has 0 bridgehead atoms. The van der Waals surface area contributed by atoms with Crippen LogP contribution in [0.25, 0.3) is 0 Å². The van der Waals surface area contributed by atoms with Crippen molar-refractivity contribution in [3.8, 4) is 0 Å². The second-order valence-electron chi connectivity index (χ2n) is 2.47. The molecule has 0 amide bonds. The van der Waals surface area contributed by atoms with E-state index in [-0.39, 0.29) is 18.6 Å². The van der Waals surface area contributed by atoms with Crippen LogP contribution in [0, 0.1) is 0 Å². The van der Waals surface area contributed by atoms with Crippen LogP contribution in [0.2, 0.25) is 0 Å². The van der Waals surface area contributed by atoms with E-state index in [4.69, 9.17) is 14.6 Å². The number of hydrogen-bond donors (Lipinski definition) is 3. The lowest BCUT2D eigenvalue weighted by molar-refractivity contribution is -0.0316. The fourth-order valence-electron chi connectivity index (χ4n) is 1.14. The molecule has 2 unspecified atom stereocenters. The molecule has 1 saturated heterocycles. The summed E-state index contributed by atoms with van der Waals surface area (Å²) in [5.41, 5.74) is 0. The Hall–Kier alpha value is -0.780. The van der Waals surface area contributed by atoms with Crippen molar-refractivity contribution in [2.24, 2.45) is 0 Å². The van der Waals surface area contributed by atoms with Gasteiger partial charge >= 0.3 is 0 Å². The molecular weight excluding hydrogens is 150 g/mol. The highest BCUT2D eigenvalue weighted by Crippen LogP contribution is 2.22. The summed E-state index contributed by atoms with van der Waals surface area (Å²) < 4.78 is 10.1. The molecule has 2 heterocycles. The highest BCUT2D eigenvalue weighted by molar-refractivity contribution is 5.14. The smallest absolute Gasteiger partial charge is 0.182 e. The highest BCUT2D eigenvalue weighted by Gasteiger charge is 2.34. The second-order valence-corrected chi connectivity index (χ2v) is 2.47. The van der Waals surface area contributed by atoms with Gasteiger partial charge in [-0.05, 0) is 0 Å². The van der Waals surface area contributed by atoms with E-state index in [0.29, 0.717) is 12.5 Å². The van der Waals surface area contributed by atoms with Crippen molar-refractivity contribution in [2.45, 2.75) is 12.3 Å². The van der Waals surface area contributed by atoms with E-state index in [1.54, 1.807) is 0 Å². The molecule has 62 valence electrons. The molecule has 2 aliphatic heterocycles. The van der Waals surface area contributed by atoms with Crippen LogP contribution in [0.3, 0.4) is 0 Å². The summed E-state index contributed by atoms with van der Waals surface area (Å²) in [5.74, 6) is 0.190. The third kappa shape index (κ3) is 0.973. The molecule has 11 heavy (non-hydrogen) atoms. The minimum atomic E-state index is -0.943. The van der Waals surface area contributed by atoms with Crippen molar-refractivity contribution in [3.63, 3.8) is 0 Å².